The number of anilines is 1. The van der Waals surface area contributed by atoms with E-state index in [1.54, 1.807) is 14.2 Å². The fourth-order valence-corrected chi connectivity index (χ4v) is 1.07. The normalized spacial score (nSPS) is 10.2. The molecule has 5 nitrogen and oxygen atoms in total. The molecule has 0 amide bonds. The van der Waals surface area contributed by atoms with Crippen LogP contribution in [0, 0.1) is 5.92 Å². The molecule has 5 heteroatoms. The first-order chi connectivity index (χ1) is 7.19. The Balaban J connectivity index is 2.86. The van der Waals surface area contributed by atoms with Crippen LogP contribution in [-0.2, 0) is 0 Å². The number of rotatable bonds is 5. The van der Waals surface area contributed by atoms with Crippen molar-refractivity contribution < 1.29 is 9.47 Å². The van der Waals surface area contributed by atoms with Gasteiger partial charge in [0.15, 0.2) is 5.82 Å². The lowest BCUT2D eigenvalue weighted by Gasteiger charge is -2.12. The molecule has 0 aromatic carbocycles. The van der Waals surface area contributed by atoms with Crippen LogP contribution < -0.4 is 14.8 Å². The van der Waals surface area contributed by atoms with E-state index in [1.807, 2.05) is 0 Å². The molecule has 0 radical (unpaired) electrons. The number of hydrogen-bond donors (Lipinski definition) is 1. The van der Waals surface area contributed by atoms with Gasteiger partial charge in [0.1, 0.15) is 6.33 Å². The Bertz CT molecular complexity index is 316. The number of nitrogens with one attached hydrogen (secondary N) is 1. The van der Waals surface area contributed by atoms with Crippen LogP contribution in [0.4, 0.5) is 5.82 Å². The molecule has 0 atom stereocenters. The van der Waals surface area contributed by atoms with Crippen molar-refractivity contribution in [3.63, 3.8) is 0 Å². The Morgan fingerprint density at radius 2 is 2.13 bits per heavy atom. The first-order valence-corrected chi connectivity index (χ1v) is 4.88. The highest BCUT2D eigenvalue weighted by Gasteiger charge is 2.12. The standard InChI is InChI=1S/C10H17N3O2/c1-7(2)5-15-10-8(14-4)9(11-3)12-6-13-10/h6-7H,5H2,1-4H3,(H,11,12,13). The summed E-state index contributed by atoms with van der Waals surface area (Å²) >= 11 is 0. The van der Waals surface area contributed by atoms with Crippen LogP contribution in [0.1, 0.15) is 13.8 Å². The molecule has 1 rings (SSSR count). The van der Waals surface area contributed by atoms with Gasteiger partial charge in [0.25, 0.3) is 5.88 Å². The monoisotopic (exact) mass is 211 g/mol. The molecule has 0 aliphatic rings. The second kappa shape index (κ2) is 5.38. The number of methoxy groups -OCH3 is 1. The van der Waals surface area contributed by atoms with Gasteiger partial charge >= 0.3 is 0 Å². The minimum Gasteiger partial charge on any atom is -0.489 e. The van der Waals surface area contributed by atoms with Gasteiger partial charge in [-0.3, -0.25) is 0 Å². The Labute approximate surface area is 89.8 Å². The molecule has 0 bridgehead atoms. The molecule has 0 spiro atoms. The summed E-state index contributed by atoms with van der Waals surface area (Å²) in [5, 5.41) is 2.92. The van der Waals surface area contributed by atoms with Crippen molar-refractivity contribution in [1.29, 1.82) is 0 Å². The van der Waals surface area contributed by atoms with Crippen LogP contribution in [0.2, 0.25) is 0 Å². The van der Waals surface area contributed by atoms with Crippen molar-refractivity contribution in [3.05, 3.63) is 6.33 Å². The predicted octanol–water partition coefficient (Wildman–Crippen LogP) is 1.56. The minimum atomic E-state index is 0.447. The quantitative estimate of drug-likeness (QED) is 0.801. The Hall–Kier alpha value is -1.52. The molecule has 0 saturated carbocycles. The second-order valence-electron chi connectivity index (χ2n) is 3.52. The zero-order chi connectivity index (χ0) is 11.3. The Morgan fingerprint density at radius 1 is 1.40 bits per heavy atom. The summed E-state index contributed by atoms with van der Waals surface area (Å²) in [6.45, 7) is 4.76. The SMILES string of the molecule is CNc1ncnc(OCC(C)C)c1OC. The zero-order valence-corrected chi connectivity index (χ0v) is 9.57. The van der Waals surface area contributed by atoms with E-state index in [4.69, 9.17) is 9.47 Å². The van der Waals surface area contributed by atoms with E-state index in [-0.39, 0.29) is 0 Å². The van der Waals surface area contributed by atoms with Gasteiger partial charge in [0.05, 0.1) is 13.7 Å². The van der Waals surface area contributed by atoms with E-state index < -0.39 is 0 Å². The first-order valence-electron chi connectivity index (χ1n) is 4.88. The van der Waals surface area contributed by atoms with Crippen molar-refractivity contribution in [3.8, 4) is 11.6 Å². The molecule has 0 saturated heterocycles. The van der Waals surface area contributed by atoms with Crippen LogP contribution in [0.3, 0.4) is 0 Å². The fraction of sp³-hybridized carbons (Fsp3) is 0.600. The maximum atomic E-state index is 5.52. The third-order valence-corrected chi connectivity index (χ3v) is 1.77. The van der Waals surface area contributed by atoms with Gasteiger partial charge in [0, 0.05) is 7.05 Å². The van der Waals surface area contributed by atoms with Gasteiger partial charge in [-0.15, -0.1) is 0 Å². The highest BCUT2D eigenvalue weighted by Crippen LogP contribution is 2.30. The fourth-order valence-electron chi connectivity index (χ4n) is 1.07. The van der Waals surface area contributed by atoms with E-state index in [0.717, 1.165) is 0 Å². The van der Waals surface area contributed by atoms with Gasteiger partial charge < -0.3 is 14.8 Å². The maximum absolute atomic E-state index is 5.52. The van der Waals surface area contributed by atoms with Crippen molar-refractivity contribution in [2.75, 3.05) is 26.1 Å². The molecule has 1 N–H and O–H groups in total. The van der Waals surface area contributed by atoms with E-state index in [9.17, 15) is 0 Å². The average molecular weight is 211 g/mol. The van der Waals surface area contributed by atoms with Crippen molar-refractivity contribution in [2.24, 2.45) is 5.92 Å². The predicted molar refractivity (Wildman–Crippen MR) is 58.5 cm³/mol. The summed E-state index contributed by atoms with van der Waals surface area (Å²) in [6, 6.07) is 0. The average Bonchev–Trinajstić information content (AvgIpc) is 2.25. The maximum Gasteiger partial charge on any atom is 0.262 e. The molecule has 0 aliphatic heterocycles. The molecule has 1 aromatic rings. The number of hydrogen-bond acceptors (Lipinski definition) is 5. The summed E-state index contributed by atoms with van der Waals surface area (Å²) in [5.41, 5.74) is 0. The Kier molecular flexibility index (Phi) is 4.15. The van der Waals surface area contributed by atoms with E-state index in [2.05, 4.69) is 29.1 Å². The number of ether oxygens (including phenoxy) is 2. The van der Waals surface area contributed by atoms with Crippen LogP contribution >= 0.6 is 0 Å². The largest absolute Gasteiger partial charge is 0.489 e. The molecular weight excluding hydrogens is 194 g/mol. The van der Waals surface area contributed by atoms with Crippen molar-refractivity contribution >= 4 is 5.82 Å². The number of aromatic nitrogens is 2. The lowest BCUT2D eigenvalue weighted by atomic mass is 10.2. The molecule has 0 fully saturated rings. The molecule has 15 heavy (non-hydrogen) atoms. The lowest BCUT2D eigenvalue weighted by Crippen LogP contribution is -2.08. The van der Waals surface area contributed by atoms with Crippen molar-refractivity contribution in [1.82, 2.24) is 9.97 Å². The van der Waals surface area contributed by atoms with Crippen LogP contribution in [0.5, 0.6) is 11.6 Å². The minimum absolute atomic E-state index is 0.447. The molecule has 84 valence electrons. The summed E-state index contributed by atoms with van der Waals surface area (Å²) < 4.78 is 10.7. The van der Waals surface area contributed by atoms with E-state index in [1.165, 1.54) is 6.33 Å². The third kappa shape index (κ3) is 2.97. The topological polar surface area (TPSA) is 56.3 Å². The van der Waals surface area contributed by atoms with Gasteiger partial charge in [-0.1, -0.05) is 13.8 Å². The van der Waals surface area contributed by atoms with Crippen LogP contribution in [0.15, 0.2) is 6.33 Å². The first kappa shape index (κ1) is 11.6. The molecule has 1 heterocycles. The molecule has 0 unspecified atom stereocenters. The molecule has 1 aromatic heterocycles. The summed E-state index contributed by atoms with van der Waals surface area (Å²) in [7, 11) is 3.35. The van der Waals surface area contributed by atoms with E-state index >= 15 is 0 Å². The smallest absolute Gasteiger partial charge is 0.262 e. The number of nitrogens with zero attached hydrogens (tertiary/aromatic N) is 2. The van der Waals surface area contributed by atoms with Crippen LogP contribution in [-0.4, -0.2) is 30.7 Å². The van der Waals surface area contributed by atoms with Gasteiger partial charge in [-0.05, 0) is 5.92 Å². The Morgan fingerprint density at radius 3 is 2.67 bits per heavy atom. The summed E-state index contributed by atoms with van der Waals surface area (Å²) in [5.74, 6) is 2.10. The van der Waals surface area contributed by atoms with Crippen molar-refractivity contribution in [2.45, 2.75) is 13.8 Å². The van der Waals surface area contributed by atoms with Gasteiger partial charge in [-0.2, -0.15) is 4.98 Å². The van der Waals surface area contributed by atoms with E-state index in [0.29, 0.717) is 30.0 Å². The molecular formula is C10H17N3O2. The highest BCUT2D eigenvalue weighted by molar-refractivity contribution is 5.54. The van der Waals surface area contributed by atoms with Gasteiger partial charge in [-0.25, -0.2) is 4.98 Å². The van der Waals surface area contributed by atoms with Gasteiger partial charge in [0.2, 0.25) is 5.75 Å². The molecule has 0 aliphatic carbocycles. The van der Waals surface area contributed by atoms with Crippen LogP contribution in [0.25, 0.3) is 0 Å². The third-order valence-electron chi connectivity index (χ3n) is 1.77. The second-order valence-corrected chi connectivity index (χ2v) is 3.52. The highest BCUT2D eigenvalue weighted by atomic mass is 16.5. The lowest BCUT2D eigenvalue weighted by molar-refractivity contribution is 0.246. The zero-order valence-electron chi connectivity index (χ0n) is 9.57. The summed E-state index contributed by atoms with van der Waals surface area (Å²) in [6.07, 6.45) is 1.45. The summed E-state index contributed by atoms with van der Waals surface area (Å²) in [4.78, 5) is 8.06.